The molecule has 1 aromatic rings. The Morgan fingerprint density at radius 3 is 2.74 bits per heavy atom. The van der Waals surface area contributed by atoms with Crippen LogP contribution in [0.3, 0.4) is 0 Å². The van der Waals surface area contributed by atoms with Gasteiger partial charge in [-0.15, -0.1) is 0 Å². The van der Waals surface area contributed by atoms with Crippen molar-refractivity contribution in [3.8, 4) is 0 Å². The second kappa shape index (κ2) is 5.82. The Morgan fingerprint density at radius 2 is 2.21 bits per heavy atom. The molecule has 102 valence electrons. The number of hydrogen-bond donors (Lipinski definition) is 1. The van der Waals surface area contributed by atoms with Gasteiger partial charge >= 0.3 is 5.97 Å². The van der Waals surface area contributed by atoms with Crippen LogP contribution < -0.4 is 0 Å². The summed E-state index contributed by atoms with van der Waals surface area (Å²) < 4.78 is 0. The van der Waals surface area contributed by atoms with Gasteiger partial charge in [-0.1, -0.05) is 6.42 Å². The summed E-state index contributed by atoms with van der Waals surface area (Å²) in [5, 5.41) is 9.10. The minimum absolute atomic E-state index is 0.0282. The van der Waals surface area contributed by atoms with Crippen LogP contribution >= 0.6 is 0 Å². The van der Waals surface area contributed by atoms with Crippen molar-refractivity contribution < 1.29 is 14.7 Å². The Bertz CT molecular complexity index is 483. The number of hydrogen-bond acceptors (Lipinski definition) is 3. The fourth-order valence-electron chi connectivity index (χ4n) is 2.24. The number of aromatic nitrogens is 1. The van der Waals surface area contributed by atoms with Gasteiger partial charge in [-0.25, -0.2) is 4.79 Å². The van der Waals surface area contributed by atoms with Gasteiger partial charge in [-0.2, -0.15) is 0 Å². The molecule has 1 heterocycles. The first-order chi connectivity index (χ1) is 9.13. The number of carboxylic acids is 1. The molecule has 1 aliphatic rings. The highest BCUT2D eigenvalue weighted by Gasteiger charge is 2.26. The smallest absolute Gasteiger partial charge is 0.338 e. The van der Waals surface area contributed by atoms with Gasteiger partial charge in [0.25, 0.3) is 5.91 Å². The summed E-state index contributed by atoms with van der Waals surface area (Å²) in [4.78, 5) is 29.1. The Morgan fingerprint density at radius 1 is 1.47 bits per heavy atom. The molecule has 0 radical (unpaired) electrons. The van der Waals surface area contributed by atoms with Crippen molar-refractivity contribution in [1.82, 2.24) is 9.88 Å². The van der Waals surface area contributed by atoms with Crippen LogP contribution in [0.2, 0.25) is 0 Å². The molecule has 2 rings (SSSR count). The molecule has 1 aliphatic carbocycles. The van der Waals surface area contributed by atoms with E-state index >= 15 is 0 Å². The molecule has 1 amide bonds. The summed E-state index contributed by atoms with van der Waals surface area (Å²) >= 11 is 0. The first-order valence-electron chi connectivity index (χ1n) is 6.61. The summed E-state index contributed by atoms with van der Waals surface area (Å²) in [6, 6.07) is 2.95. The van der Waals surface area contributed by atoms with E-state index in [4.69, 9.17) is 5.11 Å². The summed E-state index contributed by atoms with van der Waals surface area (Å²) in [6.07, 6.45) is 4.98. The Hall–Kier alpha value is -1.91. The number of rotatable bonds is 5. The zero-order chi connectivity index (χ0) is 13.8. The lowest BCUT2D eigenvalue weighted by molar-refractivity contribution is 0.0655. The minimum Gasteiger partial charge on any atom is -0.478 e. The number of carboxylic acid groups (broad SMARTS) is 1. The van der Waals surface area contributed by atoms with Crippen LogP contribution in [0.15, 0.2) is 18.3 Å². The van der Waals surface area contributed by atoms with E-state index in [1.807, 2.05) is 6.92 Å². The molecule has 1 aromatic heterocycles. The van der Waals surface area contributed by atoms with Gasteiger partial charge in [0.1, 0.15) is 5.69 Å². The fourth-order valence-corrected chi connectivity index (χ4v) is 2.24. The lowest BCUT2D eigenvalue weighted by Gasteiger charge is -2.31. The van der Waals surface area contributed by atoms with Gasteiger partial charge in [0.05, 0.1) is 5.56 Å². The maximum atomic E-state index is 12.4. The van der Waals surface area contributed by atoms with Crippen LogP contribution in [-0.2, 0) is 0 Å². The predicted octanol–water partition coefficient (Wildman–Crippen LogP) is 2.04. The second-order valence-electron chi connectivity index (χ2n) is 4.85. The first kappa shape index (κ1) is 13.5. The number of pyridine rings is 1. The quantitative estimate of drug-likeness (QED) is 0.881. The molecule has 1 saturated carbocycles. The lowest BCUT2D eigenvalue weighted by atomic mass is 9.85. The van der Waals surface area contributed by atoms with E-state index in [0.717, 1.165) is 12.8 Å². The van der Waals surface area contributed by atoms with Crippen LogP contribution in [0.1, 0.15) is 47.0 Å². The van der Waals surface area contributed by atoms with E-state index in [1.54, 1.807) is 4.90 Å². The summed E-state index contributed by atoms with van der Waals surface area (Å²) in [6.45, 7) is 3.18. The highest BCUT2D eigenvalue weighted by Crippen LogP contribution is 2.27. The normalized spacial score (nSPS) is 14.8. The molecule has 1 N–H and O–H groups in total. The van der Waals surface area contributed by atoms with Crippen molar-refractivity contribution in [2.24, 2.45) is 5.92 Å². The van der Waals surface area contributed by atoms with Gasteiger partial charge < -0.3 is 10.0 Å². The van der Waals surface area contributed by atoms with E-state index < -0.39 is 5.97 Å². The van der Waals surface area contributed by atoms with Crippen molar-refractivity contribution in [2.75, 3.05) is 13.1 Å². The monoisotopic (exact) mass is 262 g/mol. The van der Waals surface area contributed by atoms with E-state index in [9.17, 15) is 9.59 Å². The third kappa shape index (κ3) is 2.92. The standard InChI is InChI=1S/C14H18N2O3/c1-2-16(9-10-5-3-6-10)13(17)12-11(14(18)19)7-4-8-15-12/h4,7-8,10H,2-3,5-6,9H2,1H3,(H,18,19). The molecule has 0 atom stereocenters. The molecule has 0 aliphatic heterocycles. The topological polar surface area (TPSA) is 70.5 Å². The largest absolute Gasteiger partial charge is 0.478 e. The molecule has 0 spiro atoms. The summed E-state index contributed by atoms with van der Waals surface area (Å²) in [7, 11) is 0. The van der Waals surface area contributed by atoms with Gasteiger partial charge in [0.2, 0.25) is 0 Å². The van der Waals surface area contributed by atoms with Crippen LogP contribution in [0.25, 0.3) is 0 Å². The number of aromatic carboxylic acids is 1. The average Bonchev–Trinajstić information content (AvgIpc) is 2.37. The number of carbonyl (C=O) groups is 2. The Balaban J connectivity index is 2.18. The van der Waals surface area contributed by atoms with Crippen molar-refractivity contribution in [2.45, 2.75) is 26.2 Å². The highest BCUT2D eigenvalue weighted by molar-refractivity contribution is 6.03. The summed E-state index contributed by atoms with van der Waals surface area (Å²) in [5.74, 6) is -0.843. The van der Waals surface area contributed by atoms with E-state index in [1.165, 1.54) is 24.8 Å². The van der Waals surface area contributed by atoms with Crippen molar-refractivity contribution in [3.05, 3.63) is 29.6 Å². The number of amides is 1. The van der Waals surface area contributed by atoms with Crippen molar-refractivity contribution in [1.29, 1.82) is 0 Å². The molecule has 0 bridgehead atoms. The highest BCUT2D eigenvalue weighted by atomic mass is 16.4. The third-order valence-corrected chi connectivity index (χ3v) is 3.61. The zero-order valence-electron chi connectivity index (χ0n) is 11.0. The average molecular weight is 262 g/mol. The molecule has 0 aromatic carbocycles. The van der Waals surface area contributed by atoms with Crippen molar-refractivity contribution in [3.63, 3.8) is 0 Å². The summed E-state index contributed by atoms with van der Waals surface area (Å²) in [5.41, 5.74) is 0.00994. The van der Waals surface area contributed by atoms with E-state index in [0.29, 0.717) is 19.0 Å². The molecule has 19 heavy (non-hydrogen) atoms. The molecule has 5 heteroatoms. The maximum absolute atomic E-state index is 12.4. The van der Waals surface area contributed by atoms with Crippen molar-refractivity contribution >= 4 is 11.9 Å². The number of carbonyl (C=O) groups excluding carboxylic acids is 1. The minimum atomic E-state index is -1.11. The lowest BCUT2D eigenvalue weighted by Crippen LogP contribution is -2.38. The molecule has 1 fully saturated rings. The Kier molecular flexibility index (Phi) is 4.14. The van der Waals surface area contributed by atoms with Crippen LogP contribution in [0.5, 0.6) is 0 Å². The van der Waals surface area contributed by atoms with E-state index in [-0.39, 0.29) is 17.2 Å². The van der Waals surface area contributed by atoms with Gasteiger partial charge in [-0.05, 0) is 37.8 Å². The zero-order valence-corrected chi connectivity index (χ0v) is 11.0. The predicted molar refractivity (Wildman–Crippen MR) is 70.1 cm³/mol. The van der Waals surface area contributed by atoms with E-state index in [2.05, 4.69) is 4.98 Å². The molecular formula is C14H18N2O3. The van der Waals surface area contributed by atoms with Gasteiger partial charge in [0.15, 0.2) is 0 Å². The first-order valence-corrected chi connectivity index (χ1v) is 6.61. The van der Waals surface area contributed by atoms with Crippen LogP contribution in [0.4, 0.5) is 0 Å². The van der Waals surface area contributed by atoms with Gasteiger partial charge in [-0.3, -0.25) is 9.78 Å². The van der Waals surface area contributed by atoms with Crippen LogP contribution in [-0.4, -0.2) is 40.0 Å². The second-order valence-corrected chi connectivity index (χ2v) is 4.85. The maximum Gasteiger partial charge on any atom is 0.338 e. The number of nitrogens with zero attached hydrogens (tertiary/aromatic N) is 2. The molecule has 0 unspecified atom stereocenters. The molecular weight excluding hydrogens is 244 g/mol. The third-order valence-electron chi connectivity index (χ3n) is 3.61. The molecule has 5 nitrogen and oxygen atoms in total. The Labute approximate surface area is 112 Å². The van der Waals surface area contributed by atoms with Crippen LogP contribution in [0, 0.1) is 5.92 Å². The fraction of sp³-hybridized carbons (Fsp3) is 0.500. The SMILES string of the molecule is CCN(CC1CCC1)C(=O)c1ncccc1C(=O)O. The molecule has 0 saturated heterocycles. The van der Waals surface area contributed by atoms with Gasteiger partial charge in [0, 0.05) is 19.3 Å².